The van der Waals surface area contributed by atoms with Crippen molar-refractivity contribution in [2.45, 2.75) is 19.3 Å². The van der Waals surface area contributed by atoms with Gasteiger partial charge in [0, 0.05) is 42.0 Å². The molecule has 0 bridgehead atoms. The van der Waals surface area contributed by atoms with Gasteiger partial charge in [-0.05, 0) is 37.1 Å². The summed E-state index contributed by atoms with van der Waals surface area (Å²) in [7, 11) is 1.16. The zero-order valence-electron chi connectivity index (χ0n) is 14.2. The molecule has 26 heavy (non-hydrogen) atoms. The van der Waals surface area contributed by atoms with Crippen LogP contribution in [0, 0.1) is 11.6 Å². The number of rotatable bonds is 4. The van der Waals surface area contributed by atoms with Gasteiger partial charge in [0.25, 0.3) is 5.91 Å². The summed E-state index contributed by atoms with van der Waals surface area (Å²) in [5, 5.41) is 2.44. The first-order valence-corrected chi connectivity index (χ1v) is 8.24. The molecule has 1 N–H and O–H groups in total. The van der Waals surface area contributed by atoms with Crippen molar-refractivity contribution in [3.05, 3.63) is 53.6 Å². The van der Waals surface area contributed by atoms with Gasteiger partial charge in [0.05, 0.1) is 7.11 Å². The molecule has 0 aromatic heterocycles. The van der Waals surface area contributed by atoms with E-state index in [9.17, 15) is 18.4 Å². The van der Waals surface area contributed by atoms with Gasteiger partial charge in [-0.15, -0.1) is 0 Å². The number of hydrogen-bond acceptors (Lipinski definition) is 3. The molecule has 0 spiro atoms. The number of nitrogens with zero attached hydrogens (tertiary/aromatic N) is 1. The minimum Gasteiger partial charge on any atom is -0.491 e. The van der Waals surface area contributed by atoms with Gasteiger partial charge in [0.2, 0.25) is 5.91 Å². The van der Waals surface area contributed by atoms with Crippen molar-refractivity contribution < 1.29 is 23.1 Å². The minimum atomic E-state index is -0.901. The van der Waals surface area contributed by atoms with Crippen molar-refractivity contribution in [3.8, 4) is 5.75 Å². The van der Waals surface area contributed by atoms with Gasteiger partial charge >= 0.3 is 0 Å². The molecule has 1 saturated heterocycles. The van der Waals surface area contributed by atoms with Crippen LogP contribution in [0.5, 0.6) is 5.75 Å². The lowest BCUT2D eigenvalue weighted by Crippen LogP contribution is -2.35. The van der Waals surface area contributed by atoms with Gasteiger partial charge in [0.1, 0.15) is 0 Å². The van der Waals surface area contributed by atoms with E-state index in [1.807, 2.05) is 0 Å². The molecule has 3 rings (SSSR count). The minimum absolute atomic E-state index is 0.0129. The Kier molecular flexibility index (Phi) is 5.16. The molecule has 0 atom stereocenters. The fourth-order valence-electron chi connectivity index (χ4n) is 2.90. The molecule has 136 valence electrons. The second-order valence-electron chi connectivity index (χ2n) is 5.98. The molecule has 7 heteroatoms. The summed E-state index contributed by atoms with van der Waals surface area (Å²) in [4.78, 5) is 25.9. The van der Waals surface area contributed by atoms with Crippen LogP contribution < -0.4 is 15.0 Å². The summed E-state index contributed by atoms with van der Waals surface area (Å²) in [6.07, 6.45) is 2.37. The first-order chi connectivity index (χ1) is 12.5. The van der Waals surface area contributed by atoms with Gasteiger partial charge in [-0.3, -0.25) is 9.59 Å². The predicted molar refractivity (Wildman–Crippen MR) is 93.5 cm³/mol. The fraction of sp³-hybridized carbons (Fsp3) is 0.263. The van der Waals surface area contributed by atoms with Crippen LogP contribution in [-0.2, 0) is 4.79 Å². The van der Waals surface area contributed by atoms with E-state index < -0.39 is 23.3 Å². The number of ether oxygens (including phenoxy) is 1. The third-order valence-corrected chi connectivity index (χ3v) is 4.22. The number of nitrogens with one attached hydrogen (secondary N) is 1. The number of hydrogen-bond donors (Lipinski definition) is 1. The van der Waals surface area contributed by atoms with Crippen molar-refractivity contribution in [2.24, 2.45) is 0 Å². The van der Waals surface area contributed by atoms with Crippen LogP contribution in [0.1, 0.15) is 29.6 Å². The van der Waals surface area contributed by atoms with Crippen LogP contribution in [-0.4, -0.2) is 25.5 Å². The van der Waals surface area contributed by atoms with Crippen molar-refractivity contribution in [1.29, 1.82) is 0 Å². The number of amides is 2. The standard InChI is InChI=1S/C19H18F2N2O3/c1-26-18-15(20)10-13(11-16(18)21)22-19(25)12-5-7-14(8-6-12)23-9-3-2-4-17(23)24/h5-8,10-11H,2-4,9H2,1H3,(H,22,25). The molecular formula is C19H18F2N2O3. The molecule has 1 aliphatic heterocycles. The molecule has 1 fully saturated rings. The van der Waals surface area contributed by atoms with Crippen LogP contribution in [0.2, 0.25) is 0 Å². The maximum Gasteiger partial charge on any atom is 0.255 e. The average molecular weight is 360 g/mol. The predicted octanol–water partition coefficient (Wildman–Crippen LogP) is 3.74. The van der Waals surface area contributed by atoms with Gasteiger partial charge < -0.3 is 15.0 Å². The molecular weight excluding hydrogens is 342 g/mol. The first kappa shape index (κ1) is 17.8. The number of piperidine rings is 1. The normalized spacial score (nSPS) is 14.3. The highest BCUT2D eigenvalue weighted by molar-refractivity contribution is 6.04. The van der Waals surface area contributed by atoms with E-state index in [-0.39, 0.29) is 11.6 Å². The molecule has 0 unspecified atom stereocenters. The van der Waals surface area contributed by atoms with E-state index >= 15 is 0 Å². The zero-order chi connectivity index (χ0) is 18.7. The van der Waals surface area contributed by atoms with E-state index in [0.29, 0.717) is 18.5 Å². The summed E-state index contributed by atoms with van der Waals surface area (Å²) < 4.78 is 32.0. The Balaban J connectivity index is 1.73. The first-order valence-electron chi connectivity index (χ1n) is 8.24. The SMILES string of the molecule is COc1c(F)cc(NC(=O)c2ccc(N3CCCCC3=O)cc2)cc1F. The van der Waals surface area contributed by atoms with Crippen LogP contribution in [0.4, 0.5) is 20.2 Å². The number of anilines is 2. The van der Waals surface area contributed by atoms with E-state index in [2.05, 4.69) is 10.1 Å². The number of halogens is 2. The highest BCUT2D eigenvalue weighted by Gasteiger charge is 2.20. The van der Waals surface area contributed by atoms with Gasteiger partial charge in [-0.1, -0.05) is 0 Å². The van der Waals surface area contributed by atoms with Crippen LogP contribution in [0.25, 0.3) is 0 Å². The molecule has 2 aromatic rings. The fourth-order valence-corrected chi connectivity index (χ4v) is 2.90. The Morgan fingerprint density at radius 3 is 2.35 bits per heavy atom. The number of carbonyl (C=O) groups excluding carboxylic acids is 2. The Morgan fingerprint density at radius 1 is 1.12 bits per heavy atom. The van der Waals surface area contributed by atoms with E-state index in [1.165, 1.54) is 0 Å². The maximum atomic E-state index is 13.7. The topological polar surface area (TPSA) is 58.6 Å². The highest BCUT2D eigenvalue weighted by atomic mass is 19.1. The summed E-state index contributed by atoms with van der Waals surface area (Å²) >= 11 is 0. The molecule has 2 amide bonds. The maximum absolute atomic E-state index is 13.7. The molecule has 0 aliphatic carbocycles. The Labute approximate surface area is 149 Å². The molecule has 1 aliphatic rings. The molecule has 0 radical (unpaired) electrons. The number of carbonyl (C=O) groups is 2. The Morgan fingerprint density at radius 2 is 1.77 bits per heavy atom. The van der Waals surface area contributed by atoms with Gasteiger partial charge in [0.15, 0.2) is 17.4 Å². The summed E-state index contributed by atoms with van der Waals surface area (Å²) in [6.45, 7) is 0.661. The lowest BCUT2D eigenvalue weighted by molar-refractivity contribution is -0.119. The second kappa shape index (κ2) is 7.51. The average Bonchev–Trinajstić information content (AvgIpc) is 2.62. The third kappa shape index (κ3) is 3.66. The lowest BCUT2D eigenvalue weighted by Gasteiger charge is -2.26. The lowest BCUT2D eigenvalue weighted by atomic mass is 10.1. The number of benzene rings is 2. The van der Waals surface area contributed by atoms with Crippen LogP contribution in [0.3, 0.4) is 0 Å². The van der Waals surface area contributed by atoms with E-state index in [4.69, 9.17) is 0 Å². The van der Waals surface area contributed by atoms with Gasteiger partial charge in [-0.25, -0.2) is 8.78 Å². The monoisotopic (exact) mass is 360 g/mol. The van der Waals surface area contributed by atoms with Crippen molar-refractivity contribution >= 4 is 23.2 Å². The molecule has 5 nitrogen and oxygen atoms in total. The second-order valence-corrected chi connectivity index (χ2v) is 5.98. The van der Waals surface area contributed by atoms with Crippen molar-refractivity contribution in [1.82, 2.24) is 0 Å². The van der Waals surface area contributed by atoms with Gasteiger partial charge in [-0.2, -0.15) is 0 Å². The van der Waals surface area contributed by atoms with E-state index in [1.54, 1.807) is 29.2 Å². The zero-order valence-corrected chi connectivity index (χ0v) is 14.2. The summed E-state index contributed by atoms with van der Waals surface area (Å²) in [5.74, 6) is -2.75. The van der Waals surface area contributed by atoms with Crippen LogP contribution in [0.15, 0.2) is 36.4 Å². The van der Waals surface area contributed by atoms with Crippen molar-refractivity contribution in [2.75, 3.05) is 23.9 Å². The third-order valence-electron chi connectivity index (χ3n) is 4.22. The summed E-state index contributed by atoms with van der Waals surface area (Å²) in [5.41, 5.74) is 1.03. The van der Waals surface area contributed by atoms with Crippen molar-refractivity contribution in [3.63, 3.8) is 0 Å². The Bertz CT molecular complexity index is 814. The Hall–Kier alpha value is -2.96. The molecule has 0 saturated carbocycles. The molecule has 1 heterocycles. The summed E-state index contributed by atoms with van der Waals surface area (Å²) in [6, 6.07) is 8.49. The van der Waals surface area contributed by atoms with E-state index in [0.717, 1.165) is 37.8 Å². The number of methoxy groups -OCH3 is 1. The van der Waals surface area contributed by atoms with Crippen LogP contribution >= 0.6 is 0 Å². The highest BCUT2D eigenvalue weighted by Crippen LogP contribution is 2.26. The molecule has 2 aromatic carbocycles. The largest absolute Gasteiger partial charge is 0.491 e. The quantitative estimate of drug-likeness (QED) is 0.904. The smallest absolute Gasteiger partial charge is 0.255 e.